The highest BCUT2D eigenvalue weighted by Crippen LogP contribution is 2.36. The fraction of sp³-hybridized carbons (Fsp3) is 0.565. The standard InChI is InChI=1S/C23H32N2O2/c1-15(2)25-23(26)27-19-6-5-7-21-20(13-12-19)17(4)14-24-22(21)18-10-8-16(3)9-11-18/h8-11,15,19,21H,5-7,12-14H2,1-4H3,(H,25,26). The zero-order valence-electron chi connectivity index (χ0n) is 17.0. The molecule has 1 aromatic carbocycles. The molecule has 2 unspecified atom stereocenters. The predicted molar refractivity (Wildman–Crippen MR) is 110 cm³/mol. The number of nitrogens with zero attached hydrogens (tertiary/aromatic N) is 1. The normalized spacial score (nSPS) is 23.2. The third-order valence-corrected chi connectivity index (χ3v) is 5.57. The zero-order chi connectivity index (χ0) is 19.4. The van der Waals surface area contributed by atoms with Crippen molar-refractivity contribution in [3.63, 3.8) is 0 Å². The molecule has 0 saturated heterocycles. The molecule has 1 aromatic rings. The van der Waals surface area contributed by atoms with E-state index < -0.39 is 0 Å². The molecule has 4 nitrogen and oxygen atoms in total. The highest BCUT2D eigenvalue weighted by molar-refractivity contribution is 6.04. The third-order valence-electron chi connectivity index (χ3n) is 5.57. The number of dihydropyridines is 1. The first kappa shape index (κ1) is 19.7. The number of hydrogen-bond acceptors (Lipinski definition) is 3. The van der Waals surface area contributed by atoms with Gasteiger partial charge < -0.3 is 10.1 Å². The van der Waals surface area contributed by atoms with Gasteiger partial charge in [-0.05, 0) is 65.4 Å². The first-order chi connectivity index (χ1) is 12.9. The van der Waals surface area contributed by atoms with Crippen LogP contribution in [0.2, 0.25) is 0 Å². The number of allylic oxidation sites excluding steroid dienone is 1. The van der Waals surface area contributed by atoms with Crippen LogP contribution in [0.5, 0.6) is 0 Å². The smallest absolute Gasteiger partial charge is 0.407 e. The molecule has 3 rings (SSSR count). The van der Waals surface area contributed by atoms with Gasteiger partial charge in [-0.2, -0.15) is 0 Å². The second-order valence-electron chi connectivity index (χ2n) is 8.22. The van der Waals surface area contributed by atoms with Gasteiger partial charge in [0.15, 0.2) is 0 Å². The van der Waals surface area contributed by atoms with Gasteiger partial charge in [0.1, 0.15) is 6.10 Å². The van der Waals surface area contributed by atoms with Crippen LogP contribution in [0.4, 0.5) is 4.79 Å². The molecule has 2 aliphatic rings. The van der Waals surface area contributed by atoms with E-state index >= 15 is 0 Å². The van der Waals surface area contributed by atoms with E-state index in [1.807, 2.05) is 13.8 Å². The van der Waals surface area contributed by atoms with Gasteiger partial charge in [0.05, 0.1) is 6.54 Å². The summed E-state index contributed by atoms with van der Waals surface area (Å²) < 4.78 is 5.67. The minimum Gasteiger partial charge on any atom is -0.446 e. The molecular weight excluding hydrogens is 336 g/mol. The molecule has 1 amide bonds. The summed E-state index contributed by atoms with van der Waals surface area (Å²) in [4.78, 5) is 16.9. The van der Waals surface area contributed by atoms with Gasteiger partial charge in [0, 0.05) is 17.7 Å². The highest BCUT2D eigenvalue weighted by Gasteiger charge is 2.30. The summed E-state index contributed by atoms with van der Waals surface area (Å²) in [5.74, 6) is 0.409. The number of aliphatic imine (C=N–C) groups is 1. The Morgan fingerprint density at radius 3 is 2.59 bits per heavy atom. The number of alkyl carbamates (subject to hydrolysis) is 1. The minimum atomic E-state index is -0.289. The van der Waals surface area contributed by atoms with Crippen LogP contribution in [-0.4, -0.2) is 30.5 Å². The lowest BCUT2D eigenvalue weighted by atomic mass is 9.77. The van der Waals surface area contributed by atoms with Crippen molar-refractivity contribution in [1.82, 2.24) is 5.32 Å². The first-order valence-corrected chi connectivity index (χ1v) is 10.2. The topological polar surface area (TPSA) is 50.7 Å². The van der Waals surface area contributed by atoms with E-state index in [-0.39, 0.29) is 18.2 Å². The van der Waals surface area contributed by atoms with Crippen LogP contribution >= 0.6 is 0 Å². The Bertz CT molecular complexity index is 731. The number of nitrogens with one attached hydrogen (secondary N) is 1. The number of benzene rings is 1. The Labute approximate surface area is 163 Å². The molecule has 0 spiro atoms. The maximum absolute atomic E-state index is 12.0. The second kappa shape index (κ2) is 8.73. The molecule has 1 heterocycles. The quantitative estimate of drug-likeness (QED) is 0.746. The number of aryl methyl sites for hydroxylation is 1. The number of carbonyl (C=O) groups excluding carboxylic acids is 1. The Kier molecular flexibility index (Phi) is 6.35. The predicted octanol–water partition coefficient (Wildman–Crippen LogP) is 5.20. The van der Waals surface area contributed by atoms with Crippen molar-refractivity contribution >= 4 is 11.8 Å². The van der Waals surface area contributed by atoms with Crippen molar-refractivity contribution in [2.45, 2.75) is 71.9 Å². The maximum atomic E-state index is 12.0. The summed E-state index contributed by atoms with van der Waals surface area (Å²) in [6, 6.07) is 8.85. The van der Waals surface area contributed by atoms with Crippen LogP contribution in [0.25, 0.3) is 0 Å². The van der Waals surface area contributed by atoms with Gasteiger partial charge in [-0.1, -0.05) is 41.0 Å². The molecule has 4 heteroatoms. The number of fused-ring (bicyclic) bond motifs is 1. The van der Waals surface area contributed by atoms with Crippen LogP contribution in [0.1, 0.15) is 64.0 Å². The van der Waals surface area contributed by atoms with Gasteiger partial charge in [-0.3, -0.25) is 4.99 Å². The lowest BCUT2D eigenvalue weighted by Crippen LogP contribution is -2.34. The van der Waals surface area contributed by atoms with Crippen molar-refractivity contribution < 1.29 is 9.53 Å². The average Bonchev–Trinajstić information content (AvgIpc) is 2.58. The summed E-state index contributed by atoms with van der Waals surface area (Å²) in [5, 5.41) is 2.83. The minimum absolute atomic E-state index is 0.00619. The molecule has 1 N–H and O–H groups in total. The lowest BCUT2D eigenvalue weighted by Gasteiger charge is -2.32. The Morgan fingerprint density at radius 1 is 1.15 bits per heavy atom. The molecule has 1 saturated carbocycles. The number of carbonyl (C=O) groups is 1. The van der Waals surface area contributed by atoms with Crippen LogP contribution in [0.15, 0.2) is 40.4 Å². The van der Waals surface area contributed by atoms with E-state index in [0.717, 1.165) is 38.6 Å². The van der Waals surface area contributed by atoms with Crippen LogP contribution < -0.4 is 5.32 Å². The highest BCUT2D eigenvalue weighted by atomic mass is 16.6. The van der Waals surface area contributed by atoms with E-state index in [1.165, 1.54) is 28.0 Å². The first-order valence-electron chi connectivity index (χ1n) is 10.2. The van der Waals surface area contributed by atoms with Crippen LogP contribution in [0.3, 0.4) is 0 Å². The fourth-order valence-electron chi connectivity index (χ4n) is 4.14. The summed E-state index contributed by atoms with van der Waals surface area (Å²) in [5.41, 5.74) is 6.67. The SMILES string of the molecule is CC1=C2CCC(OC(=O)NC(C)C)CCCC2C(c2ccc(C)cc2)=NC1. The van der Waals surface area contributed by atoms with Crippen LogP contribution in [-0.2, 0) is 4.74 Å². The van der Waals surface area contributed by atoms with Gasteiger partial charge >= 0.3 is 6.09 Å². The monoisotopic (exact) mass is 368 g/mol. The summed E-state index contributed by atoms with van der Waals surface area (Å²) in [7, 11) is 0. The van der Waals surface area contributed by atoms with E-state index in [2.05, 4.69) is 43.4 Å². The van der Waals surface area contributed by atoms with E-state index in [1.54, 1.807) is 0 Å². The molecule has 0 bridgehead atoms. The largest absolute Gasteiger partial charge is 0.446 e. The van der Waals surface area contributed by atoms with Crippen LogP contribution in [0, 0.1) is 12.8 Å². The summed E-state index contributed by atoms with van der Waals surface area (Å²) >= 11 is 0. The Balaban J connectivity index is 1.71. The van der Waals surface area contributed by atoms with E-state index in [4.69, 9.17) is 9.73 Å². The average molecular weight is 369 g/mol. The zero-order valence-corrected chi connectivity index (χ0v) is 17.0. The molecule has 27 heavy (non-hydrogen) atoms. The molecule has 1 fully saturated rings. The van der Waals surface area contributed by atoms with E-state index in [0.29, 0.717) is 5.92 Å². The van der Waals surface area contributed by atoms with Gasteiger partial charge in [-0.25, -0.2) is 4.79 Å². The van der Waals surface area contributed by atoms with Crippen molar-refractivity contribution in [1.29, 1.82) is 0 Å². The van der Waals surface area contributed by atoms with Crippen molar-refractivity contribution in [3.8, 4) is 0 Å². The second-order valence-corrected chi connectivity index (χ2v) is 8.22. The van der Waals surface area contributed by atoms with Crippen molar-refractivity contribution in [2.75, 3.05) is 6.54 Å². The summed E-state index contributed by atoms with van der Waals surface area (Å²) in [6.45, 7) is 9.01. The maximum Gasteiger partial charge on any atom is 0.407 e. The molecule has 0 radical (unpaired) electrons. The summed E-state index contributed by atoms with van der Waals surface area (Å²) in [6.07, 6.45) is 4.65. The lowest BCUT2D eigenvalue weighted by molar-refractivity contribution is 0.0818. The molecule has 0 aromatic heterocycles. The number of rotatable bonds is 3. The molecule has 1 aliphatic carbocycles. The molecule has 146 valence electrons. The van der Waals surface area contributed by atoms with Crippen molar-refractivity contribution in [2.24, 2.45) is 10.9 Å². The van der Waals surface area contributed by atoms with Gasteiger partial charge in [0.25, 0.3) is 0 Å². The van der Waals surface area contributed by atoms with Gasteiger partial charge in [-0.15, -0.1) is 0 Å². The number of amides is 1. The van der Waals surface area contributed by atoms with Crippen molar-refractivity contribution in [3.05, 3.63) is 46.5 Å². The molecular formula is C23H32N2O2. The van der Waals surface area contributed by atoms with Gasteiger partial charge in [0.2, 0.25) is 0 Å². The molecule has 1 aliphatic heterocycles. The molecule has 2 atom stereocenters. The third kappa shape index (κ3) is 5.00. The number of ether oxygens (including phenoxy) is 1. The Morgan fingerprint density at radius 2 is 1.89 bits per heavy atom. The number of hydrogen-bond donors (Lipinski definition) is 1. The Hall–Kier alpha value is -2.10. The van der Waals surface area contributed by atoms with E-state index in [9.17, 15) is 4.79 Å². The fourth-order valence-corrected chi connectivity index (χ4v) is 4.14.